The lowest BCUT2D eigenvalue weighted by atomic mass is 9.98. The van der Waals surface area contributed by atoms with Crippen molar-refractivity contribution in [2.75, 3.05) is 19.8 Å². The summed E-state index contributed by atoms with van der Waals surface area (Å²) < 4.78 is 21.0. The van der Waals surface area contributed by atoms with Crippen molar-refractivity contribution in [3.63, 3.8) is 0 Å². The molecule has 0 saturated carbocycles. The molecule has 0 aromatic rings. The Labute approximate surface area is 155 Å². The van der Waals surface area contributed by atoms with Crippen LogP contribution in [0, 0.1) is 0 Å². The van der Waals surface area contributed by atoms with Gasteiger partial charge in [-0.15, -0.1) is 0 Å². The molecule has 2 heterocycles. The van der Waals surface area contributed by atoms with Crippen molar-refractivity contribution in [3.05, 3.63) is 0 Å². The topological polar surface area (TPSA) is 199 Å². The van der Waals surface area contributed by atoms with E-state index in [1.54, 1.807) is 6.92 Å². The predicted octanol–water partition coefficient (Wildman–Crippen LogP) is -4.64. The zero-order chi connectivity index (χ0) is 20.4. The summed E-state index contributed by atoms with van der Waals surface area (Å²) in [5.41, 5.74) is 0. The van der Waals surface area contributed by atoms with E-state index in [-0.39, 0.29) is 6.61 Å². The van der Waals surface area contributed by atoms with Crippen LogP contribution in [0.5, 0.6) is 0 Å². The first-order valence-electron chi connectivity index (χ1n) is 8.66. The van der Waals surface area contributed by atoms with Gasteiger partial charge in [0.2, 0.25) is 6.29 Å². The highest BCUT2D eigenvalue weighted by molar-refractivity contribution is 5.00. The Hall–Kier alpha value is -0.480. The average molecular weight is 400 g/mol. The summed E-state index contributed by atoms with van der Waals surface area (Å²) in [6, 6.07) is 0. The monoisotopic (exact) mass is 400 g/mol. The Balaban J connectivity index is 2.29. The minimum Gasteiger partial charge on any atom is -0.394 e. The van der Waals surface area contributed by atoms with Gasteiger partial charge < -0.3 is 59.8 Å². The molecule has 0 radical (unpaired) electrons. The predicted molar refractivity (Wildman–Crippen MR) is 83.8 cm³/mol. The van der Waals surface area contributed by atoms with Crippen LogP contribution in [0.15, 0.2) is 0 Å². The maximum absolute atomic E-state index is 10.4. The van der Waals surface area contributed by atoms with E-state index in [2.05, 4.69) is 0 Å². The van der Waals surface area contributed by atoms with Crippen LogP contribution in [0.2, 0.25) is 0 Å². The Morgan fingerprint density at radius 2 is 1.56 bits per heavy atom. The van der Waals surface area contributed by atoms with Gasteiger partial charge in [-0.05, 0) is 6.42 Å². The molecule has 12 nitrogen and oxygen atoms in total. The normalized spacial score (nSPS) is 46.6. The summed E-state index contributed by atoms with van der Waals surface area (Å²) in [7, 11) is 0. The van der Waals surface area contributed by atoms with E-state index in [9.17, 15) is 40.9 Å². The number of aliphatic hydroxyl groups is 8. The van der Waals surface area contributed by atoms with Crippen molar-refractivity contribution in [1.82, 2.24) is 0 Å². The molecule has 27 heavy (non-hydrogen) atoms. The van der Waals surface area contributed by atoms with Crippen molar-refractivity contribution in [2.45, 2.75) is 74.4 Å². The van der Waals surface area contributed by atoms with E-state index < -0.39 is 74.3 Å². The van der Waals surface area contributed by atoms with Gasteiger partial charge >= 0.3 is 0 Å². The Bertz CT molecular complexity index is 464. The fraction of sp³-hybridized carbons (Fsp3) is 1.00. The lowest BCUT2D eigenvalue weighted by Crippen LogP contribution is -2.64. The molecule has 10 atom stereocenters. The fourth-order valence-electron chi connectivity index (χ4n) is 3.01. The molecular formula is C15H28O12. The van der Waals surface area contributed by atoms with Crippen LogP contribution in [0.3, 0.4) is 0 Å². The average Bonchev–Trinajstić information content (AvgIpc) is 2.91. The summed E-state index contributed by atoms with van der Waals surface area (Å²) in [6.45, 7) is 0.322. The maximum atomic E-state index is 10.4. The first kappa shape index (κ1) is 22.8. The summed E-state index contributed by atoms with van der Waals surface area (Å²) in [5, 5.41) is 79.1. The molecule has 2 saturated heterocycles. The maximum Gasteiger partial charge on any atom is 0.252 e. The minimum atomic E-state index is -2.48. The highest BCUT2D eigenvalue weighted by Gasteiger charge is 2.62. The molecule has 12 heteroatoms. The van der Waals surface area contributed by atoms with E-state index in [1.165, 1.54) is 0 Å². The first-order valence-corrected chi connectivity index (χ1v) is 8.66. The molecule has 0 amide bonds. The van der Waals surface area contributed by atoms with Gasteiger partial charge in [0.05, 0.1) is 13.2 Å². The van der Waals surface area contributed by atoms with Crippen molar-refractivity contribution in [3.8, 4) is 0 Å². The lowest BCUT2D eigenvalue weighted by Gasteiger charge is -2.44. The third-order valence-electron chi connectivity index (χ3n) is 4.61. The second kappa shape index (κ2) is 9.35. The smallest absolute Gasteiger partial charge is 0.252 e. The van der Waals surface area contributed by atoms with Crippen LogP contribution in [0.4, 0.5) is 0 Å². The van der Waals surface area contributed by atoms with E-state index in [0.717, 1.165) is 0 Å². The number of aliphatic hydroxyl groups excluding tert-OH is 8. The number of hydrogen-bond acceptors (Lipinski definition) is 12. The molecule has 2 aliphatic rings. The van der Waals surface area contributed by atoms with Crippen LogP contribution in [0.25, 0.3) is 0 Å². The van der Waals surface area contributed by atoms with Gasteiger partial charge in [0.25, 0.3) is 5.79 Å². The van der Waals surface area contributed by atoms with E-state index in [4.69, 9.17) is 18.9 Å². The van der Waals surface area contributed by atoms with E-state index >= 15 is 0 Å². The van der Waals surface area contributed by atoms with Crippen molar-refractivity contribution < 1.29 is 59.8 Å². The minimum absolute atomic E-state index is 0.0247. The fourth-order valence-corrected chi connectivity index (χ4v) is 3.01. The van der Waals surface area contributed by atoms with Crippen molar-refractivity contribution in [2.24, 2.45) is 0 Å². The van der Waals surface area contributed by atoms with Crippen LogP contribution in [0.1, 0.15) is 13.3 Å². The molecule has 0 aliphatic carbocycles. The Morgan fingerprint density at radius 1 is 0.926 bits per heavy atom. The molecule has 0 aromatic heterocycles. The third-order valence-corrected chi connectivity index (χ3v) is 4.61. The molecule has 2 rings (SSSR count). The lowest BCUT2D eigenvalue weighted by molar-refractivity contribution is -0.421. The highest BCUT2D eigenvalue weighted by Crippen LogP contribution is 2.39. The summed E-state index contributed by atoms with van der Waals surface area (Å²) in [5.74, 6) is -2.48. The highest BCUT2D eigenvalue weighted by atomic mass is 16.8. The SMILES string of the molecule is CCCOC(O)[C@@]1(O[C@H]2O[C@H](CO)[C@@H](O)[C@H](O)[C@H]2O)O[C@H](CO)[C@@H](O)[C@@H]1O. The zero-order valence-electron chi connectivity index (χ0n) is 14.7. The van der Waals surface area contributed by atoms with Crippen LogP contribution < -0.4 is 0 Å². The number of ether oxygens (including phenoxy) is 4. The van der Waals surface area contributed by atoms with Crippen molar-refractivity contribution in [1.29, 1.82) is 0 Å². The molecule has 2 fully saturated rings. The summed E-state index contributed by atoms with van der Waals surface area (Å²) in [6.07, 6.45) is -14.8. The Kier molecular flexibility index (Phi) is 7.89. The molecule has 8 N–H and O–H groups in total. The Morgan fingerprint density at radius 3 is 2.07 bits per heavy atom. The van der Waals surface area contributed by atoms with Crippen molar-refractivity contribution >= 4 is 0 Å². The van der Waals surface area contributed by atoms with Gasteiger partial charge in [0.15, 0.2) is 6.29 Å². The van der Waals surface area contributed by atoms with Gasteiger partial charge in [-0.2, -0.15) is 0 Å². The van der Waals surface area contributed by atoms with E-state index in [0.29, 0.717) is 6.42 Å². The van der Waals surface area contributed by atoms with Gasteiger partial charge in [-0.1, -0.05) is 6.92 Å². The standard InChI is InChI=1S/C15H28O12/c1-2-3-24-14(23)15(12(22)9(19)7(5-17)26-15)27-13-11(21)10(20)8(18)6(4-16)25-13/h6-14,16-23H,2-5H2,1H3/t6-,7-,8-,9-,10+,11-,12+,13-,14?,15-/m1/s1. The third kappa shape index (κ3) is 4.27. The molecule has 1 unspecified atom stereocenters. The van der Waals surface area contributed by atoms with Gasteiger partial charge in [0.1, 0.15) is 42.7 Å². The quantitative estimate of drug-likeness (QED) is 0.182. The second-order valence-corrected chi connectivity index (χ2v) is 6.53. The number of rotatable bonds is 8. The van der Waals surface area contributed by atoms with Gasteiger partial charge in [0, 0.05) is 6.61 Å². The number of hydrogen-bond donors (Lipinski definition) is 8. The molecule has 0 spiro atoms. The van der Waals surface area contributed by atoms with Gasteiger partial charge in [-0.3, -0.25) is 0 Å². The molecule has 0 bridgehead atoms. The van der Waals surface area contributed by atoms with Crippen LogP contribution in [-0.2, 0) is 18.9 Å². The molecule has 0 aromatic carbocycles. The second-order valence-electron chi connectivity index (χ2n) is 6.53. The molecule has 2 aliphatic heterocycles. The molecule has 160 valence electrons. The van der Waals surface area contributed by atoms with Gasteiger partial charge in [-0.25, -0.2) is 0 Å². The largest absolute Gasteiger partial charge is 0.394 e. The molecular weight excluding hydrogens is 372 g/mol. The summed E-state index contributed by atoms with van der Waals surface area (Å²) in [4.78, 5) is 0. The van der Waals surface area contributed by atoms with Crippen LogP contribution >= 0.6 is 0 Å². The van der Waals surface area contributed by atoms with Crippen LogP contribution in [-0.4, -0.2) is 122 Å². The first-order chi connectivity index (χ1) is 12.7. The van der Waals surface area contributed by atoms with E-state index in [1.807, 2.05) is 0 Å². The summed E-state index contributed by atoms with van der Waals surface area (Å²) >= 11 is 0. The zero-order valence-corrected chi connectivity index (χ0v) is 14.7.